The van der Waals surface area contributed by atoms with E-state index in [1.54, 1.807) is 0 Å². The van der Waals surface area contributed by atoms with Crippen LogP contribution in [0.25, 0.3) is 0 Å². The Hall–Kier alpha value is -0.630. The number of nitrogens with zero attached hydrogens (tertiary/aromatic N) is 1. The van der Waals surface area contributed by atoms with Gasteiger partial charge in [-0.2, -0.15) is 4.31 Å². The monoisotopic (exact) mass is 194 g/mol. The van der Waals surface area contributed by atoms with E-state index in [9.17, 15) is 0 Å². The molecule has 1 heterocycles. The quantitative estimate of drug-likeness (QED) is 0.620. The van der Waals surface area contributed by atoms with Gasteiger partial charge in [-0.3, -0.25) is 0 Å². The lowest BCUT2D eigenvalue weighted by Crippen LogP contribution is -2.24. The lowest BCUT2D eigenvalue weighted by atomic mass is 10.2. The van der Waals surface area contributed by atoms with E-state index in [1.807, 2.05) is 0 Å². The van der Waals surface area contributed by atoms with E-state index in [0.717, 1.165) is 0 Å². The molecule has 1 aromatic rings. The molecule has 0 amide bonds. The molecule has 1 nitrogen and oxygen atoms in total. The zero-order chi connectivity index (χ0) is 9.26. The van der Waals surface area contributed by atoms with Crippen molar-refractivity contribution < 1.29 is 0 Å². The maximum atomic E-state index is 2.53. The number of benzene rings is 1. The van der Waals surface area contributed by atoms with Crippen molar-refractivity contribution in [2.24, 2.45) is 0 Å². The second-order valence-corrected chi connectivity index (χ2v) is 5.65. The number of rotatable bonds is 1. The lowest BCUT2D eigenvalue weighted by Gasteiger charge is -2.14. The Morgan fingerprint density at radius 3 is 2.85 bits per heavy atom. The summed E-state index contributed by atoms with van der Waals surface area (Å²) in [4.78, 5) is 0. The molecule has 1 aliphatic heterocycles. The summed E-state index contributed by atoms with van der Waals surface area (Å²) in [6, 6.07) is 8.82. The molecular weight excluding hydrogens is 178 g/mol. The van der Waals surface area contributed by atoms with Crippen LogP contribution in [0.2, 0.25) is 0 Å². The summed E-state index contributed by atoms with van der Waals surface area (Å²) in [5.41, 5.74) is 2.77. The minimum Gasteiger partial charge on any atom is -0.195 e. The highest BCUT2D eigenvalue weighted by Gasteiger charge is 2.29. The maximum Gasteiger partial charge on any atom is 0.134 e. The second-order valence-electron chi connectivity index (χ2n) is 3.60. The van der Waals surface area contributed by atoms with E-state index >= 15 is 0 Å². The van der Waals surface area contributed by atoms with Gasteiger partial charge in [-0.05, 0) is 24.6 Å². The van der Waals surface area contributed by atoms with Gasteiger partial charge in [0.25, 0.3) is 0 Å². The average Bonchev–Trinajstić information content (AvgIpc) is 2.51. The first-order valence-corrected chi connectivity index (χ1v) is 6.50. The SMILES string of the molecule is Cc1cccc(N2CCC[S+]2C)c1. The van der Waals surface area contributed by atoms with Crippen molar-refractivity contribution in [2.75, 3.05) is 22.9 Å². The van der Waals surface area contributed by atoms with Gasteiger partial charge >= 0.3 is 0 Å². The Bertz CT molecular complexity index is 298. The van der Waals surface area contributed by atoms with Gasteiger partial charge in [0, 0.05) is 6.42 Å². The third-order valence-corrected chi connectivity index (χ3v) is 4.49. The van der Waals surface area contributed by atoms with Gasteiger partial charge < -0.3 is 0 Å². The topological polar surface area (TPSA) is 3.24 Å². The van der Waals surface area contributed by atoms with Crippen molar-refractivity contribution in [3.05, 3.63) is 29.8 Å². The van der Waals surface area contributed by atoms with Gasteiger partial charge in [0.05, 0.1) is 23.3 Å². The molecular formula is C11H16NS+. The normalized spacial score (nSPS) is 22.3. The van der Waals surface area contributed by atoms with Crippen LogP contribution < -0.4 is 4.31 Å². The van der Waals surface area contributed by atoms with E-state index in [2.05, 4.69) is 41.8 Å². The Labute approximate surface area is 83.2 Å². The van der Waals surface area contributed by atoms with Gasteiger partial charge in [0.15, 0.2) is 0 Å². The summed E-state index contributed by atoms with van der Waals surface area (Å²) < 4.78 is 2.53. The first-order valence-electron chi connectivity index (χ1n) is 4.74. The van der Waals surface area contributed by atoms with E-state index in [4.69, 9.17) is 0 Å². The molecule has 0 saturated carbocycles. The second kappa shape index (κ2) is 3.62. The summed E-state index contributed by atoms with van der Waals surface area (Å²) in [7, 11) is 0. The highest BCUT2D eigenvalue weighted by Crippen LogP contribution is 2.24. The molecule has 0 aliphatic carbocycles. The Balaban J connectivity index is 2.24. The highest BCUT2D eigenvalue weighted by molar-refractivity contribution is 7.97. The molecule has 13 heavy (non-hydrogen) atoms. The first-order chi connectivity index (χ1) is 6.27. The summed E-state index contributed by atoms with van der Waals surface area (Å²) in [6.45, 7) is 3.40. The van der Waals surface area contributed by atoms with Crippen molar-refractivity contribution >= 4 is 16.8 Å². The predicted octanol–water partition coefficient (Wildman–Crippen LogP) is 2.37. The molecule has 1 unspecified atom stereocenters. The maximum absolute atomic E-state index is 2.53. The summed E-state index contributed by atoms with van der Waals surface area (Å²) in [5.74, 6) is 1.37. The van der Waals surface area contributed by atoms with Crippen LogP contribution in [-0.4, -0.2) is 18.6 Å². The Morgan fingerprint density at radius 1 is 1.38 bits per heavy atom. The van der Waals surface area contributed by atoms with Crippen LogP contribution >= 0.6 is 0 Å². The summed E-state index contributed by atoms with van der Waals surface area (Å²) >= 11 is 0.463. The molecule has 2 heteroatoms. The fraction of sp³-hybridized carbons (Fsp3) is 0.455. The van der Waals surface area contributed by atoms with Crippen LogP contribution in [0.5, 0.6) is 0 Å². The number of hydrogen-bond acceptors (Lipinski definition) is 1. The average molecular weight is 194 g/mol. The van der Waals surface area contributed by atoms with Gasteiger partial charge in [0.1, 0.15) is 12.0 Å². The molecule has 0 aromatic heterocycles. The van der Waals surface area contributed by atoms with Crippen molar-refractivity contribution in [2.45, 2.75) is 13.3 Å². The van der Waals surface area contributed by atoms with E-state index < -0.39 is 0 Å². The Kier molecular flexibility index (Phi) is 2.49. The molecule has 0 bridgehead atoms. The number of aryl methyl sites for hydroxylation is 1. The van der Waals surface area contributed by atoms with Gasteiger partial charge in [-0.1, -0.05) is 12.1 Å². The standard InChI is InChI=1S/C11H16NS/c1-10-5-3-6-11(9-10)12-7-4-8-13(12)2/h3,5-6,9H,4,7-8H2,1-2H3/q+1. The van der Waals surface area contributed by atoms with Crippen LogP contribution in [0.15, 0.2) is 24.3 Å². The molecule has 70 valence electrons. The van der Waals surface area contributed by atoms with Gasteiger partial charge in [-0.15, -0.1) is 0 Å². The fourth-order valence-electron chi connectivity index (χ4n) is 1.78. The largest absolute Gasteiger partial charge is 0.195 e. The van der Waals surface area contributed by atoms with E-state index in [0.29, 0.717) is 11.1 Å². The molecule has 1 atom stereocenters. The minimum atomic E-state index is 0.463. The van der Waals surface area contributed by atoms with Crippen LogP contribution in [0.4, 0.5) is 5.69 Å². The van der Waals surface area contributed by atoms with Crippen LogP contribution in [-0.2, 0) is 11.1 Å². The van der Waals surface area contributed by atoms with Crippen molar-refractivity contribution in [3.63, 3.8) is 0 Å². The molecule has 2 rings (SSSR count). The minimum absolute atomic E-state index is 0.463. The van der Waals surface area contributed by atoms with Crippen LogP contribution in [0.3, 0.4) is 0 Å². The highest BCUT2D eigenvalue weighted by atomic mass is 32.2. The zero-order valence-electron chi connectivity index (χ0n) is 8.29. The molecule has 1 aromatic carbocycles. The first kappa shape index (κ1) is 8.95. The van der Waals surface area contributed by atoms with E-state index in [1.165, 1.54) is 30.0 Å². The third-order valence-electron chi connectivity index (χ3n) is 2.47. The molecule has 0 radical (unpaired) electrons. The van der Waals surface area contributed by atoms with Crippen molar-refractivity contribution in [3.8, 4) is 0 Å². The van der Waals surface area contributed by atoms with Gasteiger partial charge in [-0.25, -0.2) is 0 Å². The smallest absolute Gasteiger partial charge is 0.134 e. The number of anilines is 1. The van der Waals surface area contributed by atoms with E-state index in [-0.39, 0.29) is 0 Å². The van der Waals surface area contributed by atoms with Crippen LogP contribution in [0, 0.1) is 6.92 Å². The molecule has 1 saturated heterocycles. The molecule has 0 spiro atoms. The van der Waals surface area contributed by atoms with Crippen molar-refractivity contribution in [1.29, 1.82) is 0 Å². The van der Waals surface area contributed by atoms with Crippen molar-refractivity contribution in [1.82, 2.24) is 0 Å². The predicted molar refractivity (Wildman–Crippen MR) is 61.3 cm³/mol. The Morgan fingerprint density at radius 2 is 2.23 bits per heavy atom. The molecule has 0 N–H and O–H groups in total. The summed E-state index contributed by atoms with van der Waals surface area (Å²) in [5, 5.41) is 0. The molecule has 1 fully saturated rings. The molecule has 1 aliphatic rings. The number of hydrogen-bond donors (Lipinski definition) is 0. The fourth-order valence-corrected chi connectivity index (χ4v) is 3.46. The lowest BCUT2D eigenvalue weighted by molar-refractivity contribution is 0.989. The third kappa shape index (κ3) is 1.83. The van der Waals surface area contributed by atoms with Gasteiger partial charge in [0.2, 0.25) is 0 Å². The van der Waals surface area contributed by atoms with Crippen LogP contribution in [0.1, 0.15) is 12.0 Å². The zero-order valence-corrected chi connectivity index (χ0v) is 9.10. The summed E-state index contributed by atoms with van der Waals surface area (Å²) in [6.07, 6.45) is 3.70.